The molecule has 0 aliphatic carbocycles. The molecule has 0 atom stereocenters. The molecule has 0 aromatic heterocycles. The van der Waals surface area contributed by atoms with Crippen molar-refractivity contribution in [3.63, 3.8) is 0 Å². The Morgan fingerprint density at radius 1 is 0.273 bits per heavy atom. The van der Waals surface area contributed by atoms with Gasteiger partial charge in [-0.2, -0.15) is 0 Å². The van der Waals surface area contributed by atoms with Crippen LogP contribution in [0.1, 0.15) is 138 Å². The first-order valence-corrected chi connectivity index (χ1v) is 18.2. The molecule has 14 nitrogen and oxygen atoms in total. The van der Waals surface area contributed by atoms with Gasteiger partial charge in [-0.3, -0.25) is 0 Å². The molecule has 0 aromatic rings. The number of quaternary nitrogens is 2. The largest absolute Gasteiger partial charge is 5.00 e. The molecular weight excluding hydrogens is 1130 g/mol. The van der Waals surface area contributed by atoms with E-state index in [1.165, 1.54) is 9.80 Å². The minimum Gasteiger partial charge on any atom is -0.852 e. The van der Waals surface area contributed by atoms with Gasteiger partial charge in [0.2, 0.25) is 0 Å². The third kappa shape index (κ3) is 2370. The maximum atomic E-state index is 9.72. The van der Waals surface area contributed by atoms with Crippen molar-refractivity contribution < 1.29 is 116 Å². The van der Waals surface area contributed by atoms with Gasteiger partial charge in [0.15, 0.2) is 0 Å². The van der Waals surface area contributed by atoms with Crippen LogP contribution in [0.25, 0.3) is 0 Å². The van der Waals surface area contributed by atoms with E-state index in [4.69, 9.17) is 0 Å². The fourth-order valence-electron chi connectivity index (χ4n) is 0.408. The van der Waals surface area contributed by atoms with Crippen LogP contribution < -0.4 is 71.1 Å². The maximum Gasteiger partial charge on any atom is 5.00 e. The topological polar surface area (TPSA) is 286 Å². The second kappa shape index (κ2) is 96.3. The Balaban J connectivity index is -0.0000000244. The van der Waals surface area contributed by atoms with E-state index in [0.29, 0.717) is 0 Å². The summed E-state index contributed by atoms with van der Waals surface area (Å²) in [6.45, 7) is 33.8. The first-order chi connectivity index (χ1) is 22.9. The van der Waals surface area contributed by atoms with Crippen molar-refractivity contribution in [3.8, 4) is 0 Å². The van der Waals surface area contributed by atoms with Crippen molar-refractivity contribution in [2.45, 2.75) is 200 Å². The third-order valence-electron chi connectivity index (χ3n) is 1.20. The Kier molecular flexibility index (Phi) is 178. The molecule has 0 spiro atoms. The monoisotopic (exact) mass is 1220 g/mol. The van der Waals surface area contributed by atoms with E-state index in [0.717, 1.165) is 13.1 Å². The zero-order chi connectivity index (χ0) is 45.8. The molecule has 0 amide bonds. The molecule has 0 radical (unpaired) electrons. The van der Waals surface area contributed by atoms with Crippen LogP contribution in [0.5, 0.6) is 0 Å². The molecule has 0 heterocycles. The second-order valence-electron chi connectivity index (χ2n) is 13.8. The molecule has 336 valence electrons. The molecule has 0 saturated carbocycles. The average Bonchev–Trinajstić information content (AvgIpc) is 2.75. The van der Waals surface area contributed by atoms with Crippen LogP contribution >= 0.6 is 0 Å². The third-order valence-corrected chi connectivity index (χ3v) is 1.20. The predicted octanol–water partition coefficient (Wildman–Crippen LogP) is -7.85. The van der Waals surface area contributed by atoms with Crippen LogP contribution in [-0.2, 0) is 44.8 Å². The van der Waals surface area contributed by atoms with Gasteiger partial charge < -0.3 is 71.1 Å². The van der Waals surface area contributed by atoms with Gasteiger partial charge in [-0.1, -0.05) is 152 Å². The summed E-state index contributed by atoms with van der Waals surface area (Å²) in [5, 5.41) is 115. The van der Waals surface area contributed by atoms with E-state index >= 15 is 0 Å². The van der Waals surface area contributed by atoms with Gasteiger partial charge in [-0.05, 0) is 0 Å². The van der Waals surface area contributed by atoms with E-state index in [-0.39, 0.29) is 103 Å². The molecule has 0 rings (SSSR count). The molecular formula is C38H92N2O12SrTa2+2. The first kappa shape index (κ1) is 102. The quantitative estimate of drug-likeness (QED) is 0.249. The maximum absolute atomic E-state index is 9.72. The molecule has 0 aliphatic rings. The van der Waals surface area contributed by atoms with E-state index < -0.39 is 61.0 Å². The molecule has 0 unspecified atom stereocenters. The van der Waals surface area contributed by atoms with Crippen molar-refractivity contribution in [3.05, 3.63) is 0 Å². The SMILES string of the molecule is CC(C)[O-].CC(C)[O-].CC(C)[O-].CC(C)[O-].CC(C)[O-].CC(C)[O-].CC(C)[O-].CC(C)[O-].CC(C)[O-].CC(C)[O-].C[NH+](C)CC[O-].C[NH+](C)CC[O-].[Sr+2].[Ta+5].[Ta+5]. The van der Waals surface area contributed by atoms with E-state index in [1.54, 1.807) is 138 Å². The molecule has 0 aliphatic heterocycles. The average molecular weight is 1220 g/mol. The Morgan fingerprint density at radius 2 is 0.327 bits per heavy atom. The fourth-order valence-corrected chi connectivity index (χ4v) is 0.408. The van der Waals surface area contributed by atoms with Crippen molar-refractivity contribution in [2.24, 2.45) is 0 Å². The van der Waals surface area contributed by atoms with Gasteiger partial charge in [-0.25, -0.2) is 0 Å². The van der Waals surface area contributed by atoms with E-state index in [9.17, 15) is 61.3 Å². The van der Waals surface area contributed by atoms with E-state index in [2.05, 4.69) is 0 Å². The van der Waals surface area contributed by atoms with Crippen LogP contribution in [0, 0.1) is 0 Å². The molecule has 0 fully saturated rings. The molecule has 17 heteroatoms. The molecule has 0 bridgehead atoms. The number of rotatable bonds is 4. The van der Waals surface area contributed by atoms with Crippen molar-refractivity contribution in [1.82, 2.24) is 0 Å². The first-order valence-electron chi connectivity index (χ1n) is 18.2. The van der Waals surface area contributed by atoms with Crippen LogP contribution in [0.15, 0.2) is 0 Å². The van der Waals surface area contributed by atoms with Gasteiger partial charge >= 0.3 is 90.2 Å². The molecule has 2 N–H and O–H groups in total. The minimum absolute atomic E-state index is 0. The van der Waals surface area contributed by atoms with E-state index in [1.807, 2.05) is 28.2 Å². The summed E-state index contributed by atoms with van der Waals surface area (Å²) in [4.78, 5) is 2.45. The van der Waals surface area contributed by atoms with Crippen molar-refractivity contribution in [2.75, 3.05) is 54.5 Å². The number of hydrogen-bond acceptors (Lipinski definition) is 12. The molecule has 55 heavy (non-hydrogen) atoms. The Labute approximate surface area is 411 Å². The summed E-state index contributed by atoms with van der Waals surface area (Å²) in [6, 6.07) is 0. The minimum atomic E-state index is -0.417. The Hall–Kier alpha value is 2.40. The fraction of sp³-hybridized carbons (Fsp3) is 1.00. The molecule has 0 aromatic carbocycles. The summed E-state index contributed by atoms with van der Waals surface area (Å²) < 4.78 is 0. The Bertz CT molecular complexity index is 336. The van der Waals surface area contributed by atoms with Crippen LogP contribution in [0.3, 0.4) is 0 Å². The molecule has 0 saturated heterocycles. The van der Waals surface area contributed by atoms with Crippen LogP contribution in [-0.4, -0.2) is 161 Å². The number of hydrogen-bond donors (Lipinski definition) is 2. The number of nitrogens with one attached hydrogen (secondary N) is 2. The van der Waals surface area contributed by atoms with Crippen LogP contribution in [0.2, 0.25) is 0 Å². The van der Waals surface area contributed by atoms with Gasteiger partial charge in [0.05, 0.1) is 41.3 Å². The standard InChI is InChI=1S/2C4H10NO.10C3H7O.Sr.2Ta/c2*1-5(2)3-4-6;10*1-3(2)4;;;/h2*3-4H2,1-2H3;10*3H,1-2H3;;;/q12*-1;+2;2*+5/p+2. The summed E-state index contributed by atoms with van der Waals surface area (Å²) in [7, 11) is 7.88. The van der Waals surface area contributed by atoms with Gasteiger partial charge in [-0.15, -0.1) is 61.0 Å². The second-order valence-corrected chi connectivity index (χ2v) is 13.8. The zero-order valence-electron chi connectivity index (χ0n) is 40.1. The van der Waals surface area contributed by atoms with Crippen LogP contribution in [0.4, 0.5) is 0 Å². The number of likely N-dealkylation sites (N-methyl/N-ethyl adjacent to an activating group) is 2. The summed E-state index contributed by atoms with van der Waals surface area (Å²) in [5.74, 6) is 0. The Morgan fingerprint density at radius 3 is 0.327 bits per heavy atom. The zero-order valence-corrected chi connectivity index (χ0v) is 50.0. The van der Waals surface area contributed by atoms with Gasteiger partial charge in [0.1, 0.15) is 0 Å². The summed E-state index contributed by atoms with van der Waals surface area (Å²) in [5.41, 5.74) is 0. The normalized spacial score (nSPS) is 8.73. The van der Waals surface area contributed by atoms with Crippen molar-refractivity contribution in [1.29, 1.82) is 0 Å². The van der Waals surface area contributed by atoms with Gasteiger partial charge in [0, 0.05) is 0 Å². The smallest absolute Gasteiger partial charge is 0.852 e. The summed E-state index contributed by atoms with van der Waals surface area (Å²) >= 11 is 0. The van der Waals surface area contributed by atoms with Gasteiger partial charge in [0.25, 0.3) is 0 Å². The predicted molar refractivity (Wildman–Crippen MR) is 202 cm³/mol. The van der Waals surface area contributed by atoms with Crippen molar-refractivity contribution >= 4 is 45.5 Å². The summed E-state index contributed by atoms with van der Waals surface area (Å²) in [6.07, 6.45) is -4.17.